The van der Waals surface area contributed by atoms with Gasteiger partial charge in [0.25, 0.3) is 0 Å². The van der Waals surface area contributed by atoms with Crippen LogP contribution in [-0.2, 0) is 16.1 Å². The Balaban J connectivity index is 1.51. The molecule has 22 heavy (non-hydrogen) atoms. The topological polar surface area (TPSA) is 93.0 Å². The normalized spacial score (nSPS) is 17.7. The molecule has 1 fully saturated rings. The lowest BCUT2D eigenvalue weighted by molar-refractivity contribution is -0.122. The fraction of sp³-hybridized carbons (Fsp3) is 0.357. The number of hydrogen-bond acceptors (Lipinski definition) is 5. The zero-order valence-electron chi connectivity index (χ0n) is 11.9. The fourth-order valence-corrected chi connectivity index (χ4v) is 2.46. The minimum Gasteiger partial charge on any atom is -0.351 e. The molecule has 0 unspecified atom stereocenters. The van der Waals surface area contributed by atoms with E-state index in [0.717, 1.165) is 5.69 Å². The first-order valence-corrected chi connectivity index (χ1v) is 7.08. The molecule has 8 heteroatoms. The van der Waals surface area contributed by atoms with Crippen LogP contribution in [0.25, 0.3) is 0 Å². The molecule has 1 aromatic carbocycles. The second-order valence-electron chi connectivity index (χ2n) is 5.13. The summed E-state index contributed by atoms with van der Waals surface area (Å²) in [5.74, 6) is -0.0832. The second-order valence-corrected chi connectivity index (χ2v) is 5.13. The molecule has 0 bridgehead atoms. The van der Waals surface area contributed by atoms with Gasteiger partial charge >= 0.3 is 0 Å². The summed E-state index contributed by atoms with van der Waals surface area (Å²) in [6.07, 6.45) is 2.07. The summed E-state index contributed by atoms with van der Waals surface area (Å²) < 4.78 is 1.50. The summed E-state index contributed by atoms with van der Waals surface area (Å²) >= 11 is 0. The van der Waals surface area contributed by atoms with Gasteiger partial charge in [-0.2, -0.15) is 0 Å². The predicted octanol–water partition coefficient (Wildman–Crippen LogP) is -0.0151. The lowest BCUT2D eigenvalue weighted by Gasteiger charge is -2.17. The van der Waals surface area contributed by atoms with Crippen LogP contribution in [0.4, 0.5) is 5.69 Å². The quantitative estimate of drug-likeness (QED) is 0.838. The lowest BCUT2D eigenvalue weighted by Crippen LogP contribution is -2.37. The van der Waals surface area contributed by atoms with Crippen molar-refractivity contribution in [3.05, 3.63) is 36.7 Å². The molecule has 0 saturated carbocycles. The van der Waals surface area contributed by atoms with Crippen molar-refractivity contribution in [1.82, 2.24) is 25.5 Å². The van der Waals surface area contributed by atoms with E-state index in [1.165, 1.54) is 11.0 Å². The maximum atomic E-state index is 12.1. The Morgan fingerprint density at radius 3 is 2.86 bits per heavy atom. The number of aryl methyl sites for hydroxylation is 1. The Kier molecular flexibility index (Phi) is 4.08. The first-order valence-electron chi connectivity index (χ1n) is 7.08. The van der Waals surface area contributed by atoms with Crippen molar-refractivity contribution in [3.8, 4) is 0 Å². The summed E-state index contributed by atoms with van der Waals surface area (Å²) in [4.78, 5) is 25.7. The number of para-hydroxylation sites is 1. The van der Waals surface area contributed by atoms with Crippen molar-refractivity contribution in [2.24, 2.45) is 0 Å². The van der Waals surface area contributed by atoms with Crippen LogP contribution in [0.15, 0.2) is 36.7 Å². The van der Waals surface area contributed by atoms with Crippen LogP contribution in [0, 0.1) is 0 Å². The van der Waals surface area contributed by atoms with Gasteiger partial charge in [0, 0.05) is 25.1 Å². The number of benzene rings is 1. The Morgan fingerprint density at radius 2 is 2.14 bits per heavy atom. The van der Waals surface area contributed by atoms with Crippen LogP contribution >= 0.6 is 0 Å². The minimum absolute atomic E-state index is 0.0250. The third-order valence-corrected chi connectivity index (χ3v) is 3.52. The highest BCUT2D eigenvalue weighted by Crippen LogP contribution is 2.20. The van der Waals surface area contributed by atoms with Crippen molar-refractivity contribution in [2.45, 2.75) is 25.4 Å². The number of nitrogens with zero attached hydrogens (tertiary/aromatic N) is 5. The van der Waals surface area contributed by atoms with E-state index in [0.29, 0.717) is 19.5 Å². The molecule has 1 aliphatic rings. The number of carbonyl (C=O) groups is 2. The van der Waals surface area contributed by atoms with Gasteiger partial charge in [0.2, 0.25) is 11.8 Å². The van der Waals surface area contributed by atoms with E-state index < -0.39 is 0 Å². The average molecular weight is 300 g/mol. The first kappa shape index (κ1) is 14.2. The van der Waals surface area contributed by atoms with Gasteiger partial charge in [-0.05, 0) is 22.6 Å². The van der Waals surface area contributed by atoms with Crippen molar-refractivity contribution in [1.29, 1.82) is 0 Å². The number of amides is 2. The Hall–Kier alpha value is -2.77. The van der Waals surface area contributed by atoms with Gasteiger partial charge in [0.15, 0.2) is 0 Å². The van der Waals surface area contributed by atoms with E-state index in [4.69, 9.17) is 0 Å². The number of rotatable bonds is 5. The predicted molar refractivity (Wildman–Crippen MR) is 77.8 cm³/mol. The molecule has 1 atom stereocenters. The number of hydrogen-bond donors (Lipinski definition) is 1. The van der Waals surface area contributed by atoms with Gasteiger partial charge < -0.3 is 10.2 Å². The average Bonchev–Trinajstić information content (AvgIpc) is 3.16. The van der Waals surface area contributed by atoms with Crippen LogP contribution in [-0.4, -0.2) is 44.6 Å². The summed E-state index contributed by atoms with van der Waals surface area (Å²) in [5.41, 5.74) is 0.859. The maximum Gasteiger partial charge on any atom is 0.229 e. The van der Waals surface area contributed by atoms with Crippen molar-refractivity contribution < 1.29 is 9.59 Å². The smallest absolute Gasteiger partial charge is 0.229 e. The van der Waals surface area contributed by atoms with E-state index in [1.807, 2.05) is 30.3 Å². The summed E-state index contributed by atoms with van der Waals surface area (Å²) in [5, 5.41) is 13.6. The molecule has 8 nitrogen and oxygen atoms in total. The standard InChI is InChI=1S/C14H16N6O2/c21-13(6-7-19-10-15-17-18-19)16-11-8-14(22)20(9-11)12-4-2-1-3-5-12/h1-5,10-11H,6-9H2,(H,16,21)/t11-/m0/s1. The van der Waals surface area contributed by atoms with E-state index in [-0.39, 0.29) is 24.3 Å². The SMILES string of the molecule is O=C(CCn1cnnn1)N[C@H]1CC(=O)N(c2ccccc2)C1. The zero-order valence-corrected chi connectivity index (χ0v) is 11.9. The minimum atomic E-state index is -0.158. The van der Waals surface area contributed by atoms with Crippen molar-refractivity contribution >= 4 is 17.5 Å². The van der Waals surface area contributed by atoms with Gasteiger partial charge in [0.05, 0.1) is 12.6 Å². The van der Waals surface area contributed by atoms with Crippen LogP contribution in [0.1, 0.15) is 12.8 Å². The largest absolute Gasteiger partial charge is 0.351 e. The van der Waals surface area contributed by atoms with Crippen molar-refractivity contribution in [2.75, 3.05) is 11.4 Å². The highest BCUT2D eigenvalue weighted by molar-refractivity contribution is 5.96. The number of anilines is 1. The van der Waals surface area contributed by atoms with Gasteiger partial charge in [-0.15, -0.1) is 5.10 Å². The zero-order chi connectivity index (χ0) is 15.4. The number of tetrazole rings is 1. The molecule has 0 spiro atoms. The third-order valence-electron chi connectivity index (χ3n) is 3.52. The molecule has 114 valence electrons. The van der Waals surface area contributed by atoms with Crippen molar-refractivity contribution in [3.63, 3.8) is 0 Å². The third kappa shape index (κ3) is 3.27. The molecule has 1 N–H and O–H groups in total. The van der Waals surface area contributed by atoms with E-state index in [9.17, 15) is 9.59 Å². The van der Waals surface area contributed by atoms with Crippen LogP contribution in [0.2, 0.25) is 0 Å². The molecule has 0 radical (unpaired) electrons. The number of aromatic nitrogens is 4. The molecule has 0 aliphatic carbocycles. The van der Waals surface area contributed by atoms with Gasteiger partial charge in [-0.3, -0.25) is 9.59 Å². The summed E-state index contributed by atoms with van der Waals surface area (Å²) in [7, 11) is 0. The maximum absolute atomic E-state index is 12.1. The molecule has 1 aromatic heterocycles. The van der Waals surface area contributed by atoms with Crippen LogP contribution in [0.3, 0.4) is 0 Å². The van der Waals surface area contributed by atoms with Gasteiger partial charge in [0.1, 0.15) is 6.33 Å². The monoisotopic (exact) mass is 300 g/mol. The van der Waals surface area contributed by atoms with E-state index in [1.54, 1.807) is 4.90 Å². The van der Waals surface area contributed by atoms with E-state index in [2.05, 4.69) is 20.8 Å². The second kappa shape index (κ2) is 6.33. The summed E-state index contributed by atoms with van der Waals surface area (Å²) in [6, 6.07) is 9.30. The summed E-state index contributed by atoms with van der Waals surface area (Å²) in [6.45, 7) is 0.918. The van der Waals surface area contributed by atoms with Crippen LogP contribution < -0.4 is 10.2 Å². The Bertz CT molecular complexity index is 643. The molecular formula is C14H16N6O2. The van der Waals surface area contributed by atoms with Gasteiger partial charge in [-0.25, -0.2) is 4.68 Å². The van der Waals surface area contributed by atoms with E-state index >= 15 is 0 Å². The Labute approximate surface area is 127 Å². The molecule has 2 aromatic rings. The van der Waals surface area contributed by atoms with Crippen LogP contribution in [0.5, 0.6) is 0 Å². The number of nitrogens with one attached hydrogen (secondary N) is 1. The molecule has 2 heterocycles. The highest BCUT2D eigenvalue weighted by Gasteiger charge is 2.31. The molecular weight excluding hydrogens is 284 g/mol. The molecule has 3 rings (SSSR count). The molecule has 2 amide bonds. The number of carbonyl (C=O) groups excluding carboxylic acids is 2. The molecule has 1 saturated heterocycles. The molecule has 1 aliphatic heterocycles. The fourth-order valence-electron chi connectivity index (χ4n) is 2.46. The van der Waals surface area contributed by atoms with Gasteiger partial charge in [-0.1, -0.05) is 18.2 Å². The lowest BCUT2D eigenvalue weighted by atomic mass is 10.2. The first-order chi connectivity index (χ1) is 10.7. The Morgan fingerprint density at radius 1 is 1.32 bits per heavy atom. The highest BCUT2D eigenvalue weighted by atomic mass is 16.2.